The van der Waals surface area contributed by atoms with E-state index in [0.29, 0.717) is 4.90 Å². The number of imide groups is 1. The van der Waals surface area contributed by atoms with Gasteiger partial charge in [-0.15, -0.1) is 11.8 Å². The number of hydrogen-bond donors (Lipinski definition) is 0. The van der Waals surface area contributed by atoms with Gasteiger partial charge in [-0.1, -0.05) is 0 Å². The van der Waals surface area contributed by atoms with E-state index in [-0.39, 0.29) is 0 Å². The van der Waals surface area contributed by atoms with Crippen molar-refractivity contribution < 1.29 is 100 Å². The first-order valence-corrected chi connectivity index (χ1v) is 18.8. The van der Waals surface area contributed by atoms with Crippen molar-refractivity contribution in [1.82, 2.24) is 4.90 Å². The van der Waals surface area contributed by atoms with Crippen LogP contribution < -0.4 is 0 Å². The molecule has 0 radical (unpaired) electrons. The second-order valence-corrected chi connectivity index (χ2v) is 13.8. The SMILES string of the molecule is COC(=O)C1(OC2C(OC(C)=O)C(COC(C)=O)OC(SC)C2OC(C)=O)CC(OC(C)=O)C(N(C(C)=O)C(C)=O)C([C@H](OC(C)=O)[C@@H](COC(C)=O)OC(C)=O)O1. The van der Waals surface area contributed by atoms with E-state index in [0.717, 1.165) is 81.2 Å². The average Bonchev–Trinajstić information content (AvgIpc) is 3.09. The molecule has 0 aliphatic carbocycles. The first-order chi connectivity index (χ1) is 27.0. The second kappa shape index (κ2) is 21.8. The van der Waals surface area contributed by atoms with E-state index < -0.39 is 145 Å². The average molecular weight is 852 g/mol. The Balaban J connectivity index is 3.14. The monoisotopic (exact) mass is 851 g/mol. The highest BCUT2D eigenvalue weighted by atomic mass is 32.2. The van der Waals surface area contributed by atoms with Crippen molar-refractivity contribution in [3.8, 4) is 0 Å². The number of methoxy groups -OCH3 is 1. The summed E-state index contributed by atoms with van der Waals surface area (Å²) in [6.45, 7) is 7.50. The van der Waals surface area contributed by atoms with E-state index in [1.807, 2.05) is 0 Å². The molecule has 11 atom stereocenters. The molecule has 0 aromatic carbocycles. The molecule has 2 saturated heterocycles. The van der Waals surface area contributed by atoms with Gasteiger partial charge in [0.25, 0.3) is 5.79 Å². The Morgan fingerprint density at radius 3 is 1.67 bits per heavy atom. The van der Waals surface area contributed by atoms with Crippen LogP contribution in [0.4, 0.5) is 0 Å². The summed E-state index contributed by atoms with van der Waals surface area (Å²) in [7, 11) is 0.896. The summed E-state index contributed by atoms with van der Waals surface area (Å²) in [5, 5.41) is 0. The third-order valence-corrected chi connectivity index (χ3v) is 9.11. The minimum atomic E-state index is -2.94. The molecule has 2 fully saturated rings. The topological polar surface area (TPSA) is 275 Å². The van der Waals surface area contributed by atoms with Crippen LogP contribution >= 0.6 is 11.8 Å². The standard InChI is InChI=1S/C35H49NO21S/c1-15(37)36(16(2)38)27-24(50-19(5)41)12-35(34(46)47-10,56-30(27)28(52-21(7)43)25(51-20(6)42)13-48-17(3)39)57-31-29(53-22(8)44)26(14-49-18(4)40)55-33(58-11)32(31)54-23(9)45/h24-33H,12-14H2,1-11H3/t24?,25-,26?,27?,28-,29?,30?,31?,32?,33?,35?/m1/s1. The Labute approximate surface area is 337 Å². The minimum Gasteiger partial charge on any atom is -0.465 e. The predicted octanol–water partition coefficient (Wildman–Crippen LogP) is -0.334. The fourth-order valence-electron chi connectivity index (χ4n) is 6.45. The molecule has 58 heavy (non-hydrogen) atoms. The Morgan fingerprint density at radius 2 is 1.22 bits per heavy atom. The van der Waals surface area contributed by atoms with Crippen LogP contribution in [0.15, 0.2) is 0 Å². The van der Waals surface area contributed by atoms with Gasteiger partial charge in [0.15, 0.2) is 24.4 Å². The predicted molar refractivity (Wildman–Crippen MR) is 189 cm³/mol. The molecule has 0 aromatic heterocycles. The Bertz CT molecular complexity index is 1570. The number of amides is 2. The van der Waals surface area contributed by atoms with E-state index in [1.165, 1.54) is 6.26 Å². The highest BCUT2D eigenvalue weighted by Crippen LogP contribution is 2.43. The zero-order chi connectivity index (χ0) is 44.2. The molecule has 2 aliphatic heterocycles. The van der Waals surface area contributed by atoms with Gasteiger partial charge < -0.3 is 52.1 Å². The number of rotatable bonds is 16. The zero-order valence-electron chi connectivity index (χ0n) is 33.8. The van der Waals surface area contributed by atoms with E-state index >= 15 is 0 Å². The molecule has 23 heteroatoms. The normalized spacial score (nSPS) is 27.6. The maximum atomic E-state index is 14.3. The van der Waals surface area contributed by atoms with Crippen LogP contribution in [0.3, 0.4) is 0 Å². The molecule has 2 aliphatic rings. The molecule has 326 valence electrons. The minimum absolute atomic E-state index is 0.565. The summed E-state index contributed by atoms with van der Waals surface area (Å²) >= 11 is 0.967. The molecule has 0 saturated carbocycles. The lowest BCUT2D eigenvalue weighted by Crippen LogP contribution is -2.72. The molecule has 22 nitrogen and oxygen atoms in total. The first kappa shape index (κ1) is 49.3. The summed E-state index contributed by atoms with van der Waals surface area (Å²) < 4.78 is 62.1. The van der Waals surface area contributed by atoms with Gasteiger partial charge in [-0.05, 0) is 6.26 Å². The fourth-order valence-corrected chi connectivity index (χ4v) is 7.18. The lowest BCUT2D eigenvalue weighted by molar-refractivity contribution is -0.354. The van der Waals surface area contributed by atoms with Crippen LogP contribution in [0.1, 0.15) is 68.7 Å². The molecule has 0 bridgehead atoms. The van der Waals surface area contributed by atoms with Gasteiger partial charge in [-0.2, -0.15) is 0 Å². The molecule has 2 rings (SSSR count). The summed E-state index contributed by atoms with van der Waals surface area (Å²) in [5.41, 5.74) is -1.19. The second-order valence-electron chi connectivity index (χ2n) is 12.9. The third kappa shape index (κ3) is 13.3. The van der Waals surface area contributed by atoms with Crippen molar-refractivity contribution in [2.75, 3.05) is 26.6 Å². The van der Waals surface area contributed by atoms with Crippen LogP contribution in [0.25, 0.3) is 0 Å². The Hall–Kier alpha value is -4.87. The first-order valence-electron chi connectivity index (χ1n) is 17.5. The summed E-state index contributed by atoms with van der Waals surface area (Å²) in [5.74, 6) is -12.9. The van der Waals surface area contributed by atoms with Crippen LogP contribution in [-0.4, -0.2) is 157 Å². The van der Waals surface area contributed by atoms with Crippen molar-refractivity contribution in [3.05, 3.63) is 0 Å². The van der Waals surface area contributed by atoms with Crippen molar-refractivity contribution in [3.63, 3.8) is 0 Å². The largest absolute Gasteiger partial charge is 0.465 e. The van der Waals surface area contributed by atoms with Gasteiger partial charge in [0.1, 0.15) is 49.1 Å². The van der Waals surface area contributed by atoms with Crippen LogP contribution in [0, 0.1) is 0 Å². The third-order valence-electron chi connectivity index (χ3n) is 8.27. The molecule has 0 spiro atoms. The summed E-state index contributed by atoms with van der Waals surface area (Å²) in [6, 6.07) is -1.83. The molecule has 2 amide bonds. The zero-order valence-corrected chi connectivity index (χ0v) is 34.6. The molecule has 0 aromatic rings. The number of thioether (sulfide) groups is 1. The van der Waals surface area contributed by atoms with E-state index in [2.05, 4.69) is 0 Å². The maximum Gasteiger partial charge on any atom is 0.366 e. The Morgan fingerprint density at radius 1 is 0.690 bits per heavy atom. The van der Waals surface area contributed by atoms with E-state index in [4.69, 9.17) is 52.1 Å². The van der Waals surface area contributed by atoms with Crippen molar-refractivity contribution in [2.24, 2.45) is 0 Å². The molecular weight excluding hydrogens is 802 g/mol. The van der Waals surface area contributed by atoms with Crippen LogP contribution in [-0.2, 0) is 100 Å². The lowest BCUT2D eigenvalue weighted by atomic mass is 9.86. The number of carbonyl (C=O) groups excluding carboxylic acids is 10. The van der Waals surface area contributed by atoms with E-state index in [1.54, 1.807) is 0 Å². The van der Waals surface area contributed by atoms with E-state index in [9.17, 15) is 47.9 Å². The fraction of sp³-hybridized carbons (Fsp3) is 0.714. The summed E-state index contributed by atoms with van der Waals surface area (Å²) in [6.07, 6.45) is -13.6. The molecule has 2 heterocycles. The number of hydrogen-bond acceptors (Lipinski definition) is 22. The van der Waals surface area contributed by atoms with Gasteiger partial charge in [0, 0.05) is 62.3 Å². The van der Waals surface area contributed by atoms with Crippen molar-refractivity contribution in [2.45, 2.75) is 135 Å². The maximum absolute atomic E-state index is 14.3. The molecule has 0 N–H and O–H groups in total. The Kier molecular flexibility index (Phi) is 18.5. The molecular formula is C35H49NO21S. The molecule has 9 unspecified atom stereocenters. The van der Waals surface area contributed by atoms with Crippen molar-refractivity contribution >= 4 is 71.3 Å². The van der Waals surface area contributed by atoms with Gasteiger partial charge >= 0.3 is 47.8 Å². The van der Waals surface area contributed by atoms with Gasteiger partial charge in [0.2, 0.25) is 11.8 Å². The lowest BCUT2D eigenvalue weighted by Gasteiger charge is -2.53. The van der Waals surface area contributed by atoms with Gasteiger partial charge in [0.05, 0.1) is 13.5 Å². The van der Waals surface area contributed by atoms with Gasteiger partial charge in [-0.25, -0.2) is 4.79 Å². The smallest absolute Gasteiger partial charge is 0.366 e. The van der Waals surface area contributed by atoms with Gasteiger partial charge in [-0.3, -0.25) is 48.1 Å². The number of carbonyl (C=O) groups is 10. The van der Waals surface area contributed by atoms with Crippen LogP contribution in [0.2, 0.25) is 0 Å². The number of nitrogens with zero attached hydrogens (tertiary/aromatic N) is 1. The quantitative estimate of drug-likeness (QED) is 0.142. The highest BCUT2D eigenvalue weighted by Gasteiger charge is 2.64. The van der Waals surface area contributed by atoms with Crippen molar-refractivity contribution in [1.29, 1.82) is 0 Å². The number of ether oxygens (including phenoxy) is 11. The highest BCUT2D eigenvalue weighted by molar-refractivity contribution is 7.99. The summed E-state index contributed by atoms with van der Waals surface area (Å²) in [4.78, 5) is 128. The number of esters is 8. The van der Waals surface area contributed by atoms with Crippen LogP contribution in [0.5, 0.6) is 0 Å².